The average Bonchev–Trinajstić information content (AvgIpc) is 3.11. The molecule has 5 nitrogen and oxygen atoms in total. The van der Waals surface area contributed by atoms with Crippen LogP contribution < -0.4 is 5.73 Å². The van der Waals surface area contributed by atoms with E-state index < -0.39 is 5.66 Å². The van der Waals surface area contributed by atoms with Crippen molar-refractivity contribution >= 4 is 22.3 Å². The first-order chi connectivity index (χ1) is 13.1. The SMILES string of the molecule is CCc1cncc(C2=CC(N)(C(=O)Cc3ccc4ccccc4c3)N=N2)c1. The van der Waals surface area contributed by atoms with Crippen molar-refractivity contribution in [2.75, 3.05) is 0 Å². The predicted molar refractivity (Wildman–Crippen MR) is 106 cm³/mol. The number of benzene rings is 2. The summed E-state index contributed by atoms with van der Waals surface area (Å²) < 4.78 is 0. The van der Waals surface area contributed by atoms with Gasteiger partial charge in [-0.05, 0) is 40.5 Å². The third-order valence-corrected chi connectivity index (χ3v) is 4.80. The first-order valence-corrected chi connectivity index (χ1v) is 8.97. The van der Waals surface area contributed by atoms with Gasteiger partial charge in [-0.1, -0.05) is 49.4 Å². The molecule has 0 radical (unpaired) electrons. The lowest BCUT2D eigenvalue weighted by Gasteiger charge is -2.15. The Kier molecular flexibility index (Phi) is 4.38. The van der Waals surface area contributed by atoms with Crippen molar-refractivity contribution in [3.8, 4) is 0 Å². The van der Waals surface area contributed by atoms with Crippen molar-refractivity contribution in [3.63, 3.8) is 0 Å². The quantitative estimate of drug-likeness (QED) is 0.748. The third kappa shape index (κ3) is 3.41. The number of fused-ring (bicyclic) bond motifs is 1. The molecule has 2 aromatic carbocycles. The van der Waals surface area contributed by atoms with Gasteiger partial charge < -0.3 is 0 Å². The van der Waals surface area contributed by atoms with Gasteiger partial charge in [-0.2, -0.15) is 10.2 Å². The molecule has 1 atom stereocenters. The first-order valence-electron chi connectivity index (χ1n) is 8.97. The van der Waals surface area contributed by atoms with Crippen LogP contribution in [0.1, 0.15) is 23.6 Å². The van der Waals surface area contributed by atoms with Crippen molar-refractivity contribution in [3.05, 3.63) is 83.7 Å². The lowest BCUT2D eigenvalue weighted by atomic mass is 9.96. The third-order valence-electron chi connectivity index (χ3n) is 4.80. The Morgan fingerprint density at radius 2 is 1.85 bits per heavy atom. The first kappa shape index (κ1) is 17.2. The molecule has 27 heavy (non-hydrogen) atoms. The number of carbonyl (C=O) groups is 1. The van der Waals surface area contributed by atoms with Crippen molar-refractivity contribution in [1.82, 2.24) is 4.98 Å². The van der Waals surface area contributed by atoms with Crippen LogP contribution in [-0.4, -0.2) is 16.4 Å². The number of aromatic nitrogens is 1. The molecule has 134 valence electrons. The number of Topliss-reactive ketones (excluding diaryl/α,β-unsaturated/α-hetero) is 1. The maximum atomic E-state index is 12.8. The van der Waals surface area contributed by atoms with E-state index in [4.69, 9.17) is 5.73 Å². The molecule has 4 rings (SSSR count). The van der Waals surface area contributed by atoms with Crippen molar-refractivity contribution < 1.29 is 4.79 Å². The molecule has 3 aromatic rings. The average molecular weight is 356 g/mol. The van der Waals surface area contributed by atoms with E-state index in [0.717, 1.165) is 33.9 Å². The number of hydrogen-bond donors (Lipinski definition) is 1. The van der Waals surface area contributed by atoms with Crippen LogP contribution in [0, 0.1) is 0 Å². The molecule has 1 aliphatic heterocycles. The Balaban J connectivity index is 1.57. The fourth-order valence-corrected chi connectivity index (χ4v) is 3.18. The number of hydrogen-bond acceptors (Lipinski definition) is 5. The van der Waals surface area contributed by atoms with Gasteiger partial charge in [0.15, 0.2) is 5.78 Å². The summed E-state index contributed by atoms with van der Waals surface area (Å²) in [5.74, 6) is -0.184. The van der Waals surface area contributed by atoms with E-state index in [1.165, 1.54) is 0 Å². The number of nitrogens with zero attached hydrogens (tertiary/aromatic N) is 3. The molecule has 0 fully saturated rings. The zero-order valence-electron chi connectivity index (χ0n) is 15.1. The molecule has 0 aliphatic carbocycles. The lowest BCUT2D eigenvalue weighted by molar-refractivity contribution is -0.121. The molecule has 0 spiro atoms. The number of aryl methyl sites for hydroxylation is 1. The van der Waals surface area contributed by atoms with Crippen LogP contribution in [0.25, 0.3) is 16.5 Å². The summed E-state index contributed by atoms with van der Waals surface area (Å²) in [5.41, 5.74) is 8.25. The highest BCUT2D eigenvalue weighted by molar-refractivity contribution is 5.95. The number of ketones is 1. The Bertz CT molecular complexity index is 1090. The van der Waals surface area contributed by atoms with Crippen molar-refractivity contribution in [2.24, 2.45) is 16.0 Å². The fourth-order valence-electron chi connectivity index (χ4n) is 3.18. The highest BCUT2D eigenvalue weighted by atomic mass is 16.1. The summed E-state index contributed by atoms with van der Waals surface area (Å²) in [4.78, 5) is 17.1. The zero-order valence-corrected chi connectivity index (χ0v) is 15.1. The molecule has 1 aliphatic rings. The summed E-state index contributed by atoms with van der Waals surface area (Å²) in [7, 11) is 0. The van der Waals surface area contributed by atoms with Crippen LogP contribution in [-0.2, 0) is 17.6 Å². The number of azo groups is 1. The van der Waals surface area contributed by atoms with Gasteiger partial charge in [-0.15, -0.1) is 0 Å². The number of nitrogens with two attached hydrogens (primary N) is 1. The van der Waals surface area contributed by atoms with Crippen LogP contribution in [0.2, 0.25) is 0 Å². The van der Waals surface area contributed by atoms with Crippen LogP contribution in [0.15, 0.2) is 77.2 Å². The summed E-state index contributed by atoms with van der Waals surface area (Å²) in [5, 5.41) is 10.5. The molecule has 1 aromatic heterocycles. The van der Waals surface area contributed by atoms with Gasteiger partial charge in [0.05, 0.1) is 5.70 Å². The smallest absolute Gasteiger partial charge is 0.209 e. The molecular formula is C22H20N4O. The van der Waals surface area contributed by atoms with Crippen LogP contribution in [0.3, 0.4) is 0 Å². The Morgan fingerprint density at radius 1 is 1.04 bits per heavy atom. The van der Waals surface area contributed by atoms with E-state index in [1.54, 1.807) is 12.3 Å². The minimum atomic E-state index is -1.43. The summed E-state index contributed by atoms with van der Waals surface area (Å²) in [6.45, 7) is 2.06. The lowest BCUT2D eigenvalue weighted by Crippen LogP contribution is -2.43. The molecule has 0 saturated carbocycles. The second-order valence-electron chi connectivity index (χ2n) is 6.77. The molecular weight excluding hydrogens is 336 g/mol. The largest absolute Gasteiger partial charge is 0.296 e. The van der Waals surface area contributed by atoms with Gasteiger partial charge in [0.2, 0.25) is 5.66 Å². The van der Waals surface area contributed by atoms with Crippen LogP contribution in [0.4, 0.5) is 0 Å². The number of pyridine rings is 1. The normalized spacial score (nSPS) is 18.7. The van der Waals surface area contributed by atoms with E-state index in [9.17, 15) is 4.79 Å². The van der Waals surface area contributed by atoms with E-state index in [0.29, 0.717) is 5.70 Å². The molecule has 2 N–H and O–H groups in total. The van der Waals surface area contributed by atoms with Crippen molar-refractivity contribution in [2.45, 2.75) is 25.4 Å². The van der Waals surface area contributed by atoms with E-state index in [1.807, 2.05) is 54.7 Å². The molecule has 0 amide bonds. The Hall–Kier alpha value is -3.18. The van der Waals surface area contributed by atoms with E-state index in [2.05, 4.69) is 22.1 Å². The second kappa shape index (κ2) is 6.85. The number of carbonyl (C=O) groups excluding carboxylic acids is 1. The fraction of sp³-hybridized carbons (Fsp3) is 0.182. The summed E-state index contributed by atoms with van der Waals surface area (Å²) in [6, 6.07) is 16.0. The highest BCUT2D eigenvalue weighted by Crippen LogP contribution is 2.29. The second-order valence-corrected chi connectivity index (χ2v) is 6.77. The minimum absolute atomic E-state index is 0.184. The Labute approximate surface area is 157 Å². The van der Waals surface area contributed by atoms with Crippen LogP contribution >= 0.6 is 0 Å². The van der Waals surface area contributed by atoms with Crippen LogP contribution in [0.5, 0.6) is 0 Å². The van der Waals surface area contributed by atoms with Gasteiger partial charge in [-0.3, -0.25) is 15.5 Å². The monoisotopic (exact) mass is 356 g/mol. The minimum Gasteiger partial charge on any atom is -0.296 e. The van der Waals surface area contributed by atoms with Gasteiger partial charge in [0, 0.05) is 24.4 Å². The molecule has 5 heteroatoms. The van der Waals surface area contributed by atoms with Crippen molar-refractivity contribution in [1.29, 1.82) is 0 Å². The maximum Gasteiger partial charge on any atom is 0.209 e. The highest BCUT2D eigenvalue weighted by Gasteiger charge is 2.36. The molecule has 1 unspecified atom stereocenters. The molecule has 2 heterocycles. The summed E-state index contributed by atoms with van der Waals surface area (Å²) in [6.07, 6.45) is 6.24. The predicted octanol–water partition coefficient (Wildman–Crippen LogP) is 4.07. The van der Waals surface area contributed by atoms with Gasteiger partial charge in [0.1, 0.15) is 0 Å². The zero-order chi connectivity index (χ0) is 18.9. The van der Waals surface area contributed by atoms with Gasteiger partial charge >= 0.3 is 0 Å². The number of rotatable bonds is 5. The Morgan fingerprint density at radius 3 is 2.67 bits per heavy atom. The topological polar surface area (TPSA) is 80.7 Å². The standard InChI is InChI=1S/C22H20N4O/c1-2-15-9-19(14-24-13-15)20-12-22(23,26-25-20)21(27)11-16-7-8-17-5-3-4-6-18(17)10-16/h3-10,12-14H,2,11,23H2,1H3. The van der Waals surface area contributed by atoms with Gasteiger partial charge in [0.25, 0.3) is 0 Å². The van der Waals surface area contributed by atoms with E-state index >= 15 is 0 Å². The van der Waals surface area contributed by atoms with E-state index in [-0.39, 0.29) is 12.2 Å². The summed E-state index contributed by atoms with van der Waals surface area (Å²) >= 11 is 0. The maximum absolute atomic E-state index is 12.8. The molecule has 0 saturated heterocycles. The van der Waals surface area contributed by atoms with Gasteiger partial charge in [-0.25, -0.2) is 0 Å². The molecule has 0 bridgehead atoms.